The van der Waals surface area contributed by atoms with Gasteiger partial charge in [0, 0.05) is 30.1 Å². The molecule has 1 amide bonds. The standard InChI is InChI=1S/C11H20N2O3S/c1-8(2)12-10(14)6-13-3-4-17-7-9(13)5-11(15)16/h8-9H,3-7H2,1-2H3,(H,12,14)(H,15,16). The Morgan fingerprint density at radius 1 is 1.53 bits per heavy atom. The number of thioether (sulfide) groups is 1. The van der Waals surface area contributed by atoms with Crippen LogP contribution in [0.15, 0.2) is 0 Å². The van der Waals surface area contributed by atoms with Gasteiger partial charge in [0.15, 0.2) is 0 Å². The van der Waals surface area contributed by atoms with Gasteiger partial charge >= 0.3 is 5.97 Å². The highest BCUT2D eigenvalue weighted by Gasteiger charge is 2.26. The van der Waals surface area contributed by atoms with E-state index >= 15 is 0 Å². The second-order valence-corrected chi connectivity index (χ2v) is 5.67. The van der Waals surface area contributed by atoms with Crippen molar-refractivity contribution in [2.75, 3.05) is 24.6 Å². The first-order valence-electron chi connectivity index (χ1n) is 5.82. The van der Waals surface area contributed by atoms with Crippen LogP contribution in [-0.2, 0) is 9.59 Å². The van der Waals surface area contributed by atoms with Crippen LogP contribution in [0.4, 0.5) is 0 Å². The summed E-state index contributed by atoms with van der Waals surface area (Å²) in [5.41, 5.74) is 0. The number of carbonyl (C=O) groups excluding carboxylic acids is 1. The summed E-state index contributed by atoms with van der Waals surface area (Å²) >= 11 is 1.75. The summed E-state index contributed by atoms with van der Waals surface area (Å²) in [6.45, 7) is 4.92. The Labute approximate surface area is 106 Å². The fourth-order valence-electron chi connectivity index (χ4n) is 1.84. The monoisotopic (exact) mass is 260 g/mol. The number of rotatable bonds is 5. The minimum atomic E-state index is -0.799. The third-order valence-electron chi connectivity index (χ3n) is 2.56. The zero-order valence-corrected chi connectivity index (χ0v) is 11.1. The van der Waals surface area contributed by atoms with Crippen LogP contribution in [0.5, 0.6) is 0 Å². The van der Waals surface area contributed by atoms with Gasteiger partial charge in [-0.15, -0.1) is 0 Å². The fourth-order valence-corrected chi connectivity index (χ4v) is 2.97. The van der Waals surface area contributed by atoms with E-state index < -0.39 is 5.97 Å². The van der Waals surface area contributed by atoms with Gasteiger partial charge in [0.05, 0.1) is 13.0 Å². The maximum absolute atomic E-state index is 11.6. The molecule has 1 unspecified atom stereocenters. The summed E-state index contributed by atoms with van der Waals surface area (Å²) in [6, 6.07) is 0.101. The molecule has 0 aromatic rings. The number of hydrogen-bond acceptors (Lipinski definition) is 4. The van der Waals surface area contributed by atoms with Crippen molar-refractivity contribution in [3.05, 3.63) is 0 Å². The summed E-state index contributed by atoms with van der Waals surface area (Å²) in [5.74, 6) is 0.931. The number of hydrogen-bond donors (Lipinski definition) is 2. The molecule has 0 saturated carbocycles. The first-order valence-corrected chi connectivity index (χ1v) is 6.97. The van der Waals surface area contributed by atoms with Crippen molar-refractivity contribution >= 4 is 23.6 Å². The van der Waals surface area contributed by atoms with Crippen LogP contribution in [0, 0.1) is 0 Å². The SMILES string of the molecule is CC(C)NC(=O)CN1CCSCC1CC(=O)O. The normalized spacial score (nSPS) is 21.5. The minimum Gasteiger partial charge on any atom is -0.481 e. The molecular formula is C11H20N2O3S. The van der Waals surface area contributed by atoms with Crippen LogP contribution in [0.1, 0.15) is 20.3 Å². The van der Waals surface area contributed by atoms with Gasteiger partial charge in [0.1, 0.15) is 0 Å². The van der Waals surface area contributed by atoms with E-state index in [9.17, 15) is 9.59 Å². The molecule has 0 radical (unpaired) electrons. The van der Waals surface area contributed by atoms with Gasteiger partial charge in [-0.25, -0.2) is 0 Å². The van der Waals surface area contributed by atoms with E-state index in [1.165, 1.54) is 0 Å². The van der Waals surface area contributed by atoms with Crippen LogP contribution >= 0.6 is 11.8 Å². The molecule has 1 fully saturated rings. The summed E-state index contributed by atoms with van der Waals surface area (Å²) in [4.78, 5) is 24.4. The van der Waals surface area contributed by atoms with E-state index in [0.29, 0.717) is 6.54 Å². The van der Waals surface area contributed by atoms with Gasteiger partial charge in [0.25, 0.3) is 0 Å². The highest BCUT2D eigenvalue weighted by atomic mass is 32.2. The van der Waals surface area contributed by atoms with Gasteiger partial charge in [0.2, 0.25) is 5.91 Å². The summed E-state index contributed by atoms with van der Waals surface area (Å²) in [6.07, 6.45) is 0.113. The molecule has 1 aliphatic heterocycles. The third kappa shape index (κ3) is 5.41. The van der Waals surface area contributed by atoms with Gasteiger partial charge in [-0.3, -0.25) is 14.5 Å². The largest absolute Gasteiger partial charge is 0.481 e. The van der Waals surface area contributed by atoms with Crippen molar-refractivity contribution in [2.24, 2.45) is 0 Å². The van der Waals surface area contributed by atoms with Gasteiger partial charge in [-0.1, -0.05) is 0 Å². The number of carbonyl (C=O) groups is 2. The van der Waals surface area contributed by atoms with E-state index in [1.54, 1.807) is 11.8 Å². The van der Waals surface area contributed by atoms with Crippen LogP contribution in [-0.4, -0.2) is 58.6 Å². The maximum Gasteiger partial charge on any atom is 0.304 e. The van der Waals surface area contributed by atoms with Crippen molar-refractivity contribution in [3.8, 4) is 0 Å². The summed E-state index contributed by atoms with van der Waals surface area (Å²) < 4.78 is 0. The lowest BCUT2D eigenvalue weighted by Crippen LogP contribution is -2.49. The molecule has 0 aromatic carbocycles. The lowest BCUT2D eigenvalue weighted by Gasteiger charge is -2.34. The van der Waals surface area contributed by atoms with Gasteiger partial charge < -0.3 is 10.4 Å². The Bertz CT molecular complexity index is 284. The number of carboxylic acids is 1. The first kappa shape index (κ1) is 14.3. The molecule has 1 saturated heterocycles. The second kappa shape index (κ2) is 6.86. The highest BCUT2D eigenvalue weighted by molar-refractivity contribution is 7.99. The molecule has 0 bridgehead atoms. The highest BCUT2D eigenvalue weighted by Crippen LogP contribution is 2.18. The molecule has 2 N–H and O–H groups in total. The van der Waals surface area contributed by atoms with E-state index in [4.69, 9.17) is 5.11 Å². The van der Waals surface area contributed by atoms with Crippen molar-refractivity contribution in [3.63, 3.8) is 0 Å². The molecule has 1 heterocycles. The summed E-state index contributed by atoms with van der Waals surface area (Å²) in [7, 11) is 0. The van der Waals surface area contributed by atoms with E-state index in [1.807, 2.05) is 18.7 Å². The number of aliphatic carboxylic acids is 1. The molecule has 5 nitrogen and oxygen atoms in total. The van der Waals surface area contributed by atoms with E-state index in [0.717, 1.165) is 18.1 Å². The number of amides is 1. The zero-order valence-electron chi connectivity index (χ0n) is 10.3. The average Bonchev–Trinajstić information content (AvgIpc) is 2.18. The van der Waals surface area contributed by atoms with Crippen LogP contribution < -0.4 is 5.32 Å². The van der Waals surface area contributed by atoms with Crippen LogP contribution in [0.3, 0.4) is 0 Å². The molecule has 1 aliphatic rings. The third-order valence-corrected chi connectivity index (χ3v) is 3.65. The number of nitrogens with zero attached hydrogens (tertiary/aromatic N) is 1. The molecule has 1 atom stereocenters. The van der Waals surface area contributed by atoms with Crippen molar-refractivity contribution < 1.29 is 14.7 Å². The maximum atomic E-state index is 11.6. The molecule has 0 aromatic heterocycles. The minimum absolute atomic E-state index is 0.0239. The smallest absolute Gasteiger partial charge is 0.304 e. The van der Waals surface area contributed by atoms with Gasteiger partial charge in [-0.05, 0) is 13.8 Å². The van der Waals surface area contributed by atoms with Gasteiger partial charge in [-0.2, -0.15) is 11.8 Å². The molecular weight excluding hydrogens is 240 g/mol. The van der Waals surface area contributed by atoms with Crippen LogP contribution in [0.25, 0.3) is 0 Å². The first-order chi connectivity index (χ1) is 7.99. The van der Waals surface area contributed by atoms with E-state index in [2.05, 4.69) is 5.32 Å². The Balaban J connectivity index is 2.47. The Kier molecular flexibility index (Phi) is 5.77. The average molecular weight is 260 g/mol. The quantitative estimate of drug-likeness (QED) is 0.749. The Morgan fingerprint density at radius 3 is 2.82 bits per heavy atom. The predicted molar refractivity (Wildman–Crippen MR) is 68.2 cm³/mol. The molecule has 6 heteroatoms. The molecule has 0 spiro atoms. The Morgan fingerprint density at radius 2 is 2.24 bits per heavy atom. The van der Waals surface area contributed by atoms with Crippen molar-refractivity contribution in [2.45, 2.75) is 32.4 Å². The molecule has 1 rings (SSSR count). The van der Waals surface area contributed by atoms with Crippen molar-refractivity contribution in [1.82, 2.24) is 10.2 Å². The predicted octanol–water partition coefficient (Wildman–Crippen LogP) is 0.403. The lowest BCUT2D eigenvalue weighted by molar-refractivity contribution is -0.138. The Hall–Kier alpha value is -0.750. The molecule has 98 valence electrons. The second-order valence-electron chi connectivity index (χ2n) is 4.52. The molecule has 0 aliphatic carbocycles. The zero-order chi connectivity index (χ0) is 12.8. The number of nitrogens with one attached hydrogen (secondary N) is 1. The summed E-state index contributed by atoms with van der Waals surface area (Å²) in [5, 5.41) is 11.7. The number of carboxylic acid groups (broad SMARTS) is 1. The van der Waals surface area contributed by atoms with Crippen molar-refractivity contribution in [1.29, 1.82) is 0 Å². The molecule has 17 heavy (non-hydrogen) atoms. The lowest BCUT2D eigenvalue weighted by atomic mass is 10.2. The topological polar surface area (TPSA) is 69.6 Å². The fraction of sp³-hybridized carbons (Fsp3) is 0.818. The van der Waals surface area contributed by atoms with Crippen LogP contribution in [0.2, 0.25) is 0 Å². The van der Waals surface area contributed by atoms with E-state index in [-0.39, 0.29) is 24.4 Å².